The Morgan fingerprint density at radius 3 is 2.54 bits per heavy atom. The van der Waals surface area contributed by atoms with Crippen LogP contribution in [0.5, 0.6) is 5.75 Å². The van der Waals surface area contributed by atoms with Crippen LogP contribution in [-0.4, -0.2) is 48.2 Å². The van der Waals surface area contributed by atoms with Gasteiger partial charge in [-0.25, -0.2) is 4.98 Å². The largest absolute Gasteiger partial charge is 0.491 e. The molecule has 1 N–H and O–H groups in total. The Morgan fingerprint density at radius 1 is 1.19 bits per heavy atom. The van der Waals surface area contributed by atoms with Crippen molar-refractivity contribution >= 4 is 5.95 Å². The van der Waals surface area contributed by atoms with Gasteiger partial charge in [-0.3, -0.25) is 14.7 Å². The summed E-state index contributed by atoms with van der Waals surface area (Å²) in [5.74, 6) is 1.53. The normalized spacial score (nSPS) is 14.8. The molecule has 1 aliphatic rings. The maximum absolute atomic E-state index is 12.4. The van der Waals surface area contributed by atoms with Gasteiger partial charge in [0.25, 0.3) is 5.56 Å². The number of aromatic amines is 1. The quantitative estimate of drug-likeness (QED) is 0.890. The first kappa shape index (κ1) is 18.5. The summed E-state index contributed by atoms with van der Waals surface area (Å²) in [6.45, 7) is 6.69. The minimum Gasteiger partial charge on any atom is -0.491 e. The van der Waals surface area contributed by atoms with Gasteiger partial charge in [0, 0.05) is 45.7 Å². The molecule has 0 radical (unpaired) electrons. The Kier molecular flexibility index (Phi) is 5.61. The highest BCUT2D eigenvalue weighted by Crippen LogP contribution is 2.18. The molecule has 2 aromatic rings. The number of ether oxygens (including phenoxy) is 1. The van der Waals surface area contributed by atoms with Gasteiger partial charge in [-0.15, -0.1) is 0 Å². The zero-order valence-corrected chi connectivity index (χ0v) is 16.1. The van der Waals surface area contributed by atoms with E-state index in [0.717, 1.165) is 49.5 Å². The second-order valence-corrected chi connectivity index (χ2v) is 7.30. The molecule has 1 aromatic carbocycles. The van der Waals surface area contributed by atoms with E-state index in [1.807, 2.05) is 45.0 Å². The van der Waals surface area contributed by atoms with Crippen molar-refractivity contribution in [1.82, 2.24) is 14.9 Å². The molecule has 26 heavy (non-hydrogen) atoms. The summed E-state index contributed by atoms with van der Waals surface area (Å²) in [7, 11) is 3.78. The molecule has 140 valence electrons. The van der Waals surface area contributed by atoms with Gasteiger partial charge in [-0.1, -0.05) is 12.1 Å². The molecule has 1 aliphatic heterocycles. The first-order chi connectivity index (χ1) is 12.4. The Labute approximate surface area is 154 Å². The fraction of sp³-hybridized carbons (Fsp3) is 0.500. The molecule has 6 nitrogen and oxygen atoms in total. The van der Waals surface area contributed by atoms with Crippen molar-refractivity contribution in [2.75, 3.05) is 32.1 Å². The molecule has 0 saturated carbocycles. The molecule has 0 spiro atoms. The van der Waals surface area contributed by atoms with E-state index in [2.05, 4.69) is 27.0 Å². The molecule has 0 amide bonds. The highest BCUT2D eigenvalue weighted by Gasteiger charge is 2.19. The van der Waals surface area contributed by atoms with E-state index in [9.17, 15) is 4.79 Å². The van der Waals surface area contributed by atoms with Crippen LogP contribution in [-0.2, 0) is 19.4 Å². The molecular formula is C20H28N4O2. The highest BCUT2D eigenvalue weighted by molar-refractivity contribution is 5.32. The summed E-state index contributed by atoms with van der Waals surface area (Å²) in [5, 5.41) is 0. The lowest BCUT2D eigenvalue weighted by Gasteiger charge is -2.20. The van der Waals surface area contributed by atoms with Crippen LogP contribution in [0, 0.1) is 0 Å². The van der Waals surface area contributed by atoms with Crippen molar-refractivity contribution < 1.29 is 4.74 Å². The average molecular weight is 356 g/mol. The van der Waals surface area contributed by atoms with Crippen molar-refractivity contribution in [2.24, 2.45) is 0 Å². The zero-order chi connectivity index (χ0) is 18.7. The molecule has 0 saturated heterocycles. The Balaban J connectivity index is 1.67. The molecule has 0 atom stereocenters. The Morgan fingerprint density at radius 2 is 1.88 bits per heavy atom. The third kappa shape index (κ3) is 4.43. The standard InChI is InChI=1S/C20H28N4O2/c1-14(2)26-16-7-5-15(6-8-16)13-24-11-9-17-18(10-12-24)21-20(23(3)4)22-19(17)25/h5-8,14H,9-13H2,1-4H3,(H,21,22,25). The number of H-pyrrole nitrogens is 1. The Hall–Kier alpha value is -2.34. The van der Waals surface area contributed by atoms with Crippen LogP contribution in [0.25, 0.3) is 0 Å². The van der Waals surface area contributed by atoms with Crippen LogP contribution >= 0.6 is 0 Å². The molecule has 0 fully saturated rings. The van der Waals surface area contributed by atoms with Crippen LogP contribution < -0.4 is 15.2 Å². The fourth-order valence-electron chi connectivity index (χ4n) is 3.22. The van der Waals surface area contributed by atoms with Crippen LogP contribution in [0.1, 0.15) is 30.7 Å². The number of nitrogens with one attached hydrogen (secondary N) is 1. The molecule has 0 unspecified atom stereocenters. The Bertz CT molecular complexity index is 796. The van der Waals surface area contributed by atoms with Crippen LogP contribution in [0.4, 0.5) is 5.95 Å². The number of benzene rings is 1. The van der Waals surface area contributed by atoms with Gasteiger partial charge in [-0.2, -0.15) is 0 Å². The predicted octanol–water partition coefficient (Wildman–Crippen LogP) is 2.22. The third-order valence-corrected chi connectivity index (χ3v) is 4.56. The number of hydrogen-bond donors (Lipinski definition) is 1. The van der Waals surface area contributed by atoms with Gasteiger partial charge in [0.2, 0.25) is 5.95 Å². The minimum absolute atomic E-state index is 0.00395. The number of nitrogens with zero attached hydrogens (tertiary/aromatic N) is 3. The number of hydrogen-bond acceptors (Lipinski definition) is 5. The predicted molar refractivity (Wildman–Crippen MR) is 104 cm³/mol. The van der Waals surface area contributed by atoms with Crippen molar-refractivity contribution in [3.05, 3.63) is 51.4 Å². The van der Waals surface area contributed by atoms with Gasteiger partial charge in [-0.05, 0) is 38.0 Å². The maximum atomic E-state index is 12.4. The first-order valence-corrected chi connectivity index (χ1v) is 9.19. The summed E-state index contributed by atoms with van der Waals surface area (Å²) in [4.78, 5) is 24.1. The van der Waals surface area contributed by atoms with E-state index in [1.54, 1.807) is 0 Å². The summed E-state index contributed by atoms with van der Waals surface area (Å²) in [5.41, 5.74) is 3.01. The maximum Gasteiger partial charge on any atom is 0.255 e. The van der Waals surface area contributed by atoms with Gasteiger partial charge >= 0.3 is 0 Å². The van der Waals surface area contributed by atoms with Gasteiger partial charge in [0.05, 0.1) is 11.8 Å². The molecule has 3 rings (SSSR count). The van der Waals surface area contributed by atoms with E-state index in [0.29, 0.717) is 5.95 Å². The van der Waals surface area contributed by atoms with Crippen molar-refractivity contribution in [3.8, 4) is 5.75 Å². The monoisotopic (exact) mass is 356 g/mol. The fourth-order valence-corrected chi connectivity index (χ4v) is 3.22. The van der Waals surface area contributed by atoms with Crippen LogP contribution in [0.2, 0.25) is 0 Å². The lowest BCUT2D eigenvalue weighted by Crippen LogP contribution is -2.26. The summed E-state index contributed by atoms with van der Waals surface area (Å²) in [6.07, 6.45) is 1.72. The van der Waals surface area contributed by atoms with E-state index in [1.165, 1.54) is 5.56 Å². The SMILES string of the molecule is CC(C)Oc1ccc(CN2CCc3nc(N(C)C)[nH]c(=O)c3CC2)cc1. The van der Waals surface area contributed by atoms with Crippen LogP contribution in [0.3, 0.4) is 0 Å². The molecule has 0 bridgehead atoms. The van der Waals surface area contributed by atoms with E-state index >= 15 is 0 Å². The van der Waals surface area contributed by atoms with Gasteiger partial charge < -0.3 is 9.64 Å². The third-order valence-electron chi connectivity index (χ3n) is 4.56. The van der Waals surface area contributed by atoms with E-state index < -0.39 is 0 Å². The highest BCUT2D eigenvalue weighted by atomic mass is 16.5. The number of rotatable bonds is 5. The molecular weight excluding hydrogens is 328 g/mol. The second-order valence-electron chi connectivity index (χ2n) is 7.30. The zero-order valence-electron chi connectivity index (χ0n) is 16.1. The molecule has 2 heterocycles. The summed E-state index contributed by atoms with van der Waals surface area (Å²) in [6, 6.07) is 8.28. The average Bonchev–Trinajstić information content (AvgIpc) is 2.79. The topological polar surface area (TPSA) is 61.5 Å². The number of anilines is 1. The summed E-state index contributed by atoms with van der Waals surface area (Å²) >= 11 is 0. The lowest BCUT2D eigenvalue weighted by atomic mass is 10.1. The van der Waals surface area contributed by atoms with Crippen molar-refractivity contribution in [1.29, 1.82) is 0 Å². The minimum atomic E-state index is -0.00395. The van der Waals surface area contributed by atoms with Crippen molar-refractivity contribution in [2.45, 2.75) is 39.3 Å². The number of fused-ring (bicyclic) bond motifs is 1. The van der Waals surface area contributed by atoms with Crippen molar-refractivity contribution in [3.63, 3.8) is 0 Å². The van der Waals surface area contributed by atoms with Gasteiger partial charge in [0.1, 0.15) is 5.75 Å². The molecule has 6 heteroatoms. The van der Waals surface area contributed by atoms with E-state index in [-0.39, 0.29) is 11.7 Å². The molecule has 1 aromatic heterocycles. The lowest BCUT2D eigenvalue weighted by molar-refractivity contribution is 0.242. The van der Waals surface area contributed by atoms with Gasteiger partial charge in [0.15, 0.2) is 0 Å². The van der Waals surface area contributed by atoms with E-state index in [4.69, 9.17) is 4.74 Å². The first-order valence-electron chi connectivity index (χ1n) is 9.19. The van der Waals surface area contributed by atoms with Crippen LogP contribution in [0.15, 0.2) is 29.1 Å². The smallest absolute Gasteiger partial charge is 0.255 e. The molecule has 0 aliphatic carbocycles. The summed E-state index contributed by atoms with van der Waals surface area (Å²) < 4.78 is 5.70. The number of aromatic nitrogens is 2. The second kappa shape index (κ2) is 7.91.